The highest BCUT2D eigenvalue weighted by molar-refractivity contribution is 5.94. The van der Waals surface area contributed by atoms with E-state index in [0.717, 1.165) is 5.69 Å². The van der Waals surface area contributed by atoms with Crippen molar-refractivity contribution in [3.63, 3.8) is 0 Å². The Balaban J connectivity index is 2.35. The summed E-state index contributed by atoms with van der Waals surface area (Å²) in [5, 5.41) is 11.6. The minimum atomic E-state index is -0.606. The van der Waals surface area contributed by atoms with Crippen molar-refractivity contribution in [1.82, 2.24) is 15.5 Å². The summed E-state index contributed by atoms with van der Waals surface area (Å²) in [5.41, 5.74) is 6.48. The molecule has 7 heteroatoms. The Labute approximate surface area is 106 Å². The molecule has 0 fully saturated rings. The summed E-state index contributed by atoms with van der Waals surface area (Å²) in [6.45, 7) is 5.39. The van der Waals surface area contributed by atoms with E-state index >= 15 is 0 Å². The van der Waals surface area contributed by atoms with Crippen molar-refractivity contribution in [2.45, 2.75) is 26.8 Å². The smallest absolute Gasteiger partial charge is 0.244 e. The third kappa shape index (κ3) is 4.17. The number of aromatic amines is 1. The summed E-state index contributed by atoms with van der Waals surface area (Å²) in [5.74, 6) is -0.217. The molecule has 2 amide bonds. The van der Waals surface area contributed by atoms with Crippen molar-refractivity contribution in [3.05, 3.63) is 11.8 Å². The molecule has 0 aliphatic rings. The number of hydrogen-bond donors (Lipinski definition) is 4. The van der Waals surface area contributed by atoms with Crippen LogP contribution < -0.4 is 16.4 Å². The van der Waals surface area contributed by atoms with Crippen LogP contribution >= 0.6 is 0 Å². The Morgan fingerprint density at radius 1 is 1.50 bits per heavy atom. The first-order valence-electron chi connectivity index (χ1n) is 5.75. The number of aryl methyl sites for hydroxylation is 1. The van der Waals surface area contributed by atoms with Crippen molar-refractivity contribution in [1.29, 1.82) is 0 Å². The summed E-state index contributed by atoms with van der Waals surface area (Å²) in [4.78, 5) is 23.0. The normalized spacial score (nSPS) is 12.3. The van der Waals surface area contributed by atoms with Crippen LogP contribution in [-0.2, 0) is 9.59 Å². The standard InChI is InChI=1S/C11H19N5O2/c1-6(2)10(12)11(18)13-5-9(17)14-8-4-7(3)15-16-8/h4,6,10H,5,12H2,1-3H3,(H,13,18)(H2,14,15,16,17)/t10-/m0/s1. The summed E-state index contributed by atoms with van der Waals surface area (Å²) >= 11 is 0. The van der Waals surface area contributed by atoms with Crippen LogP contribution in [-0.4, -0.2) is 34.6 Å². The maximum Gasteiger partial charge on any atom is 0.244 e. The molecule has 1 rings (SSSR count). The number of nitrogens with two attached hydrogens (primary N) is 1. The third-order valence-electron chi connectivity index (χ3n) is 2.42. The van der Waals surface area contributed by atoms with Gasteiger partial charge < -0.3 is 16.4 Å². The molecule has 0 aliphatic heterocycles. The first-order valence-corrected chi connectivity index (χ1v) is 5.75. The average molecular weight is 253 g/mol. The highest BCUT2D eigenvalue weighted by Gasteiger charge is 2.17. The van der Waals surface area contributed by atoms with Gasteiger partial charge in [0, 0.05) is 11.8 Å². The van der Waals surface area contributed by atoms with E-state index in [0.29, 0.717) is 5.82 Å². The van der Waals surface area contributed by atoms with Crippen LogP contribution in [0.5, 0.6) is 0 Å². The van der Waals surface area contributed by atoms with Gasteiger partial charge in [-0.25, -0.2) is 0 Å². The number of aromatic nitrogens is 2. The Bertz CT molecular complexity index is 427. The second-order valence-corrected chi connectivity index (χ2v) is 4.47. The molecule has 0 aromatic carbocycles. The van der Waals surface area contributed by atoms with E-state index in [1.807, 2.05) is 20.8 Å². The van der Waals surface area contributed by atoms with Gasteiger partial charge in [-0.3, -0.25) is 14.7 Å². The first kappa shape index (κ1) is 14.2. The number of nitrogens with one attached hydrogen (secondary N) is 3. The average Bonchev–Trinajstić information content (AvgIpc) is 2.70. The fourth-order valence-electron chi connectivity index (χ4n) is 1.26. The molecule has 1 aromatic heterocycles. The molecule has 18 heavy (non-hydrogen) atoms. The number of carbonyl (C=O) groups excluding carboxylic acids is 2. The largest absolute Gasteiger partial charge is 0.346 e. The SMILES string of the molecule is Cc1cc(NC(=O)CNC(=O)[C@@H](N)C(C)C)n[nH]1. The predicted molar refractivity (Wildman–Crippen MR) is 67.8 cm³/mol. The second kappa shape index (κ2) is 6.15. The van der Waals surface area contributed by atoms with Crippen LogP contribution in [0.25, 0.3) is 0 Å². The number of nitrogens with zero attached hydrogens (tertiary/aromatic N) is 1. The molecule has 0 bridgehead atoms. The van der Waals surface area contributed by atoms with Crippen LogP contribution in [0.2, 0.25) is 0 Å². The number of rotatable bonds is 5. The fourth-order valence-corrected chi connectivity index (χ4v) is 1.26. The maximum absolute atomic E-state index is 11.5. The highest BCUT2D eigenvalue weighted by atomic mass is 16.2. The lowest BCUT2D eigenvalue weighted by molar-refractivity contribution is -0.125. The van der Waals surface area contributed by atoms with Crippen molar-refractivity contribution in [2.75, 3.05) is 11.9 Å². The van der Waals surface area contributed by atoms with Gasteiger partial charge in [-0.1, -0.05) is 13.8 Å². The molecule has 0 aliphatic carbocycles. The molecule has 7 nitrogen and oxygen atoms in total. The summed E-state index contributed by atoms with van der Waals surface area (Å²) < 4.78 is 0. The Hall–Kier alpha value is -1.89. The third-order valence-corrected chi connectivity index (χ3v) is 2.42. The van der Waals surface area contributed by atoms with Gasteiger partial charge in [0.15, 0.2) is 5.82 Å². The van der Waals surface area contributed by atoms with Gasteiger partial charge in [-0.05, 0) is 12.8 Å². The molecule has 1 aromatic rings. The number of hydrogen-bond acceptors (Lipinski definition) is 4. The topological polar surface area (TPSA) is 113 Å². The number of H-pyrrole nitrogens is 1. The van der Waals surface area contributed by atoms with Crippen LogP contribution in [0.3, 0.4) is 0 Å². The van der Waals surface area contributed by atoms with Gasteiger partial charge in [0.25, 0.3) is 0 Å². The van der Waals surface area contributed by atoms with Crippen LogP contribution in [0.15, 0.2) is 6.07 Å². The molecular weight excluding hydrogens is 234 g/mol. The second-order valence-electron chi connectivity index (χ2n) is 4.47. The first-order chi connectivity index (χ1) is 8.40. The van der Waals surface area contributed by atoms with Crippen molar-refractivity contribution in [2.24, 2.45) is 11.7 Å². The minimum absolute atomic E-state index is 0.0297. The molecule has 1 atom stereocenters. The zero-order chi connectivity index (χ0) is 13.7. The molecule has 0 spiro atoms. The van der Waals surface area contributed by atoms with E-state index in [-0.39, 0.29) is 24.3 Å². The monoisotopic (exact) mass is 253 g/mol. The van der Waals surface area contributed by atoms with Crippen molar-refractivity contribution >= 4 is 17.6 Å². The fraction of sp³-hybridized carbons (Fsp3) is 0.545. The molecule has 5 N–H and O–H groups in total. The van der Waals surface area contributed by atoms with Gasteiger partial charge in [0.2, 0.25) is 11.8 Å². The van der Waals surface area contributed by atoms with Gasteiger partial charge in [0.05, 0.1) is 12.6 Å². The Kier molecular flexibility index (Phi) is 4.85. The zero-order valence-corrected chi connectivity index (χ0v) is 10.8. The molecule has 0 saturated heterocycles. The van der Waals surface area contributed by atoms with Crippen molar-refractivity contribution < 1.29 is 9.59 Å². The van der Waals surface area contributed by atoms with Crippen LogP contribution in [0.4, 0.5) is 5.82 Å². The molecule has 0 radical (unpaired) electrons. The number of carbonyl (C=O) groups is 2. The van der Waals surface area contributed by atoms with Crippen LogP contribution in [0, 0.1) is 12.8 Å². The lowest BCUT2D eigenvalue weighted by Gasteiger charge is -2.14. The molecule has 100 valence electrons. The summed E-state index contributed by atoms with van der Waals surface area (Å²) in [7, 11) is 0. The van der Waals surface area contributed by atoms with E-state index < -0.39 is 6.04 Å². The Morgan fingerprint density at radius 3 is 2.67 bits per heavy atom. The number of anilines is 1. The molecular formula is C11H19N5O2. The number of amides is 2. The maximum atomic E-state index is 11.5. The lowest BCUT2D eigenvalue weighted by Crippen LogP contribution is -2.46. The van der Waals surface area contributed by atoms with E-state index in [9.17, 15) is 9.59 Å². The lowest BCUT2D eigenvalue weighted by atomic mass is 10.1. The van der Waals surface area contributed by atoms with Crippen molar-refractivity contribution in [3.8, 4) is 0 Å². The summed E-state index contributed by atoms with van der Waals surface area (Å²) in [6.07, 6.45) is 0. The van der Waals surface area contributed by atoms with E-state index in [2.05, 4.69) is 20.8 Å². The minimum Gasteiger partial charge on any atom is -0.346 e. The highest BCUT2D eigenvalue weighted by Crippen LogP contribution is 2.03. The van der Waals surface area contributed by atoms with E-state index in [1.54, 1.807) is 6.07 Å². The predicted octanol–water partition coefficient (Wildman–Crippen LogP) is -0.244. The van der Waals surface area contributed by atoms with Gasteiger partial charge >= 0.3 is 0 Å². The quantitative estimate of drug-likeness (QED) is 0.579. The van der Waals surface area contributed by atoms with Gasteiger partial charge in [-0.15, -0.1) is 0 Å². The van der Waals surface area contributed by atoms with Crippen LogP contribution in [0.1, 0.15) is 19.5 Å². The summed E-state index contributed by atoms with van der Waals surface area (Å²) in [6, 6.07) is 1.09. The molecule has 1 heterocycles. The van der Waals surface area contributed by atoms with Gasteiger partial charge in [-0.2, -0.15) is 5.10 Å². The van der Waals surface area contributed by atoms with E-state index in [1.165, 1.54) is 0 Å². The van der Waals surface area contributed by atoms with E-state index in [4.69, 9.17) is 5.73 Å². The Morgan fingerprint density at radius 2 is 2.17 bits per heavy atom. The van der Waals surface area contributed by atoms with Gasteiger partial charge in [0.1, 0.15) is 0 Å². The molecule has 0 unspecified atom stereocenters. The zero-order valence-electron chi connectivity index (χ0n) is 10.8. The molecule has 0 saturated carbocycles.